The van der Waals surface area contributed by atoms with Gasteiger partial charge in [-0.1, -0.05) is 13.8 Å². The molecule has 0 aliphatic rings. The van der Waals surface area contributed by atoms with Gasteiger partial charge in [0.2, 0.25) is 5.91 Å². The van der Waals surface area contributed by atoms with Crippen LogP contribution in [0.1, 0.15) is 34.1 Å². The summed E-state index contributed by atoms with van der Waals surface area (Å²) in [6.07, 6.45) is 2.07. The van der Waals surface area contributed by atoms with E-state index in [4.69, 9.17) is 4.74 Å². The molecule has 3 aromatic rings. The summed E-state index contributed by atoms with van der Waals surface area (Å²) in [4.78, 5) is 37.8. The van der Waals surface area contributed by atoms with Crippen LogP contribution in [0.25, 0.3) is 22.3 Å². The molecule has 11 heteroatoms. The van der Waals surface area contributed by atoms with Gasteiger partial charge in [-0.2, -0.15) is 0 Å². The van der Waals surface area contributed by atoms with Gasteiger partial charge in [0.25, 0.3) is 0 Å². The predicted octanol–water partition coefficient (Wildman–Crippen LogP) is 4.53. The quantitative estimate of drug-likeness (QED) is 0.415. The number of amides is 1. The van der Waals surface area contributed by atoms with Gasteiger partial charge >= 0.3 is 5.97 Å². The Hall–Kier alpha value is -3.63. The second kappa shape index (κ2) is 10.5. The second-order valence-corrected chi connectivity index (χ2v) is 9.80. The summed E-state index contributed by atoms with van der Waals surface area (Å²) >= 11 is 0. The van der Waals surface area contributed by atoms with Crippen molar-refractivity contribution in [2.75, 3.05) is 26.0 Å². The lowest BCUT2D eigenvalue weighted by molar-refractivity contribution is -0.147. The summed E-state index contributed by atoms with van der Waals surface area (Å²) in [5.74, 6) is -3.42. The normalized spacial score (nSPS) is 12.6. The first-order valence-corrected chi connectivity index (χ1v) is 11.4. The van der Waals surface area contributed by atoms with Gasteiger partial charge < -0.3 is 19.9 Å². The highest BCUT2D eigenvalue weighted by Crippen LogP contribution is 2.32. The molecule has 0 aliphatic carbocycles. The van der Waals surface area contributed by atoms with E-state index < -0.39 is 34.9 Å². The lowest BCUT2D eigenvalue weighted by Gasteiger charge is -2.35. The van der Waals surface area contributed by atoms with Crippen molar-refractivity contribution < 1.29 is 27.5 Å². The van der Waals surface area contributed by atoms with Gasteiger partial charge in [0.15, 0.2) is 17.5 Å². The standard InChI is InChI=1S/C25H30F3N5O3/c1-13(2)12-36-20(34)9-19(25(3,4)24(35)33(5)6)31-23-18(28)11-30-22(32-23)16-10-29-21-15(16)7-14(26)8-17(21)27/h7-8,10-11,13,19,29H,9,12H2,1-6H3,(H,30,31,32). The van der Waals surface area contributed by atoms with Crippen LogP contribution in [0.2, 0.25) is 0 Å². The molecule has 1 aromatic carbocycles. The molecule has 36 heavy (non-hydrogen) atoms. The van der Waals surface area contributed by atoms with Crippen molar-refractivity contribution in [2.24, 2.45) is 11.3 Å². The average molecular weight is 506 g/mol. The Morgan fingerprint density at radius 1 is 1.17 bits per heavy atom. The van der Waals surface area contributed by atoms with Crippen molar-refractivity contribution in [3.63, 3.8) is 0 Å². The van der Waals surface area contributed by atoms with Crippen LogP contribution in [0.15, 0.2) is 24.5 Å². The van der Waals surface area contributed by atoms with Crippen LogP contribution in [0, 0.1) is 28.8 Å². The molecule has 1 unspecified atom stereocenters. The molecule has 0 saturated heterocycles. The minimum absolute atomic E-state index is 0.00646. The number of hydrogen-bond donors (Lipinski definition) is 2. The van der Waals surface area contributed by atoms with E-state index in [9.17, 15) is 22.8 Å². The number of carbonyl (C=O) groups is 2. The largest absolute Gasteiger partial charge is 0.465 e. The monoisotopic (exact) mass is 505 g/mol. The molecule has 0 bridgehead atoms. The van der Waals surface area contributed by atoms with Crippen molar-refractivity contribution in [2.45, 2.75) is 40.2 Å². The highest BCUT2D eigenvalue weighted by atomic mass is 19.1. The molecule has 2 aromatic heterocycles. The van der Waals surface area contributed by atoms with Crippen LogP contribution in [-0.2, 0) is 14.3 Å². The highest BCUT2D eigenvalue weighted by Gasteiger charge is 2.40. The molecule has 2 N–H and O–H groups in total. The van der Waals surface area contributed by atoms with Crippen LogP contribution >= 0.6 is 0 Å². The zero-order valence-electron chi connectivity index (χ0n) is 21.1. The molecule has 2 heterocycles. The van der Waals surface area contributed by atoms with E-state index in [1.165, 1.54) is 11.1 Å². The first kappa shape index (κ1) is 27.0. The van der Waals surface area contributed by atoms with E-state index in [1.807, 2.05) is 13.8 Å². The average Bonchev–Trinajstić information content (AvgIpc) is 3.22. The van der Waals surface area contributed by atoms with Crippen molar-refractivity contribution in [1.29, 1.82) is 0 Å². The van der Waals surface area contributed by atoms with Crippen LogP contribution in [0.4, 0.5) is 19.0 Å². The summed E-state index contributed by atoms with van der Waals surface area (Å²) in [7, 11) is 3.16. The molecule has 1 atom stereocenters. The van der Waals surface area contributed by atoms with Gasteiger partial charge in [0.05, 0.1) is 36.2 Å². The van der Waals surface area contributed by atoms with Crippen molar-refractivity contribution in [3.8, 4) is 11.4 Å². The number of fused-ring (bicyclic) bond motifs is 1. The number of aromatic amines is 1. The Labute approximate surface area is 207 Å². The molecule has 194 valence electrons. The van der Waals surface area contributed by atoms with Crippen molar-refractivity contribution in [3.05, 3.63) is 42.0 Å². The van der Waals surface area contributed by atoms with Gasteiger partial charge in [-0.3, -0.25) is 9.59 Å². The van der Waals surface area contributed by atoms with Gasteiger partial charge in [-0.05, 0) is 25.8 Å². The zero-order valence-corrected chi connectivity index (χ0v) is 21.1. The number of benzene rings is 1. The summed E-state index contributed by atoms with van der Waals surface area (Å²) in [5, 5.41) is 3.06. The molecule has 0 fully saturated rings. The minimum Gasteiger partial charge on any atom is -0.465 e. The third-order valence-corrected chi connectivity index (χ3v) is 5.78. The van der Waals surface area contributed by atoms with Crippen LogP contribution in [0.3, 0.4) is 0 Å². The van der Waals surface area contributed by atoms with E-state index >= 15 is 0 Å². The summed E-state index contributed by atoms with van der Waals surface area (Å²) in [5.41, 5.74) is -0.856. The number of H-pyrrole nitrogens is 1. The molecule has 3 rings (SSSR count). The van der Waals surface area contributed by atoms with E-state index in [2.05, 4.69) is 20.3 Å². The predicted molar refractivity (Wildman–Crippen MR) is 129 cm³/mol. The maximum absolute atomic E-state index is 14.8. The van der Waals surface area contributed by atoms with Gasteiger partial charge in [-0.25, -0.2) is 23.1 Å². The molecule has 0 aliphatic heterocycles. The van der Waals surface area contributed by atoms with Gasteiger partial charge in [-0.15, -0.1) is 0 Å². The number of hydrogen-bond acceptors (Lipinski definition) is 6. The lowest BCUT2D eigenvalue weighted by Crippen LogP contribution is -2.48. The topological polar surface area (TPSA) is 100 Å². The Morgan fingerprint density at radius 2 is 1.86 bits per heavy atom. The number of rotatable bonds is 9. The number of nitrogens with zero attached hydrogens (tertiary/aromatic N) is 3. The van der Waals surface area contributed by atoms with Crippen LogP contribution < -0.4 is 5.32 Å². The van der Waals surface area contributed by atoms with E-state index in [0.717, 1.165) is 18.3 Å². The molecular formula is C25H30F3N5O3. The number of halogens is 3. The van der Waals surface area contributed by atoms with Crippen LogP contribution in [0.5, 0.6) is 0 Å². The van der Waals surface area contributed by atoms with E-state index in [0.29, 0.717) is 0 Å². The number of anilines is 1. The maximum Gasteiger partial charge on any atom is 0.307 e. The fourth-order valence-corrected chi connectivity index (χ4v) is 3.80. The SMILES string of the molecule is CC(C)COC(=O)CC(Nc1nc(-c2c[nH]c3c(F)cc(F)cc23)ncc1F)C(C)(C)C(=O)N(C)C. The fraction of sp³-hybridized carbons (Fsp3) is 0.440. The third-order valence-electron chi connectivity index (χ3n) is 5.78. The Balaban J connectivity index is 2.00. The Bertz CT molecular complexity index is 1270. The fourth-order valence-electron chi connectivity index (χ4n) is 3.80. The number of aromatic nitrogens is 3. The van der Waals surface area contributed by atoms with Crippen LogP contribution in [-0.4, -0.2) is 58.5 Å². The third kappa shape index (κ3) is 5.77. The van der Waals surface area contributed by atoms with Crippen molar-refractivity contribution in [1.82, 2.24) is 19.9 Å². The Morgan fingerprint density at radius 3 is 2.50 bits per heavy atom. The highest BCUT2D eigenvalue weighted by molar-refractivity contribution is 5.94. The number of ether oxygens (including phenoxy) is 1. The maximum atomic E-state index is 14.8. The molecule has 1 amide bonds. The number of carbonyl (C=O) groups excluding carboxylic acids is 2. The first-order valence-electron chi connectivity index (χ1n) is 11.4. The summed E-state index contributed by atoms with van der Waals surface area (Å²) in [6, 6.07) is 0.965. The lowest BCUT2D eigenvalue weighted by atomic mass is 9.81. The van der Waals surface area contributed by atoms with Gasteiger partial charge in [0, 0.05) is 37.3 Å². The summed E-state index contributed by atoms with van der Waals surface area (Å²) in [6.45, 7) is 7.25. The smallest absolute Gasteiger partial charge is 0.307 e. The molecule has 0 saturated carbocycles. The minimum atomic E-state index is -1.16. The molecule has 0 spiro atoms. The Kier molecular flexibility index (Phi) is 7.90. The van der Waals surface area contributed by atoms with Gasteiger partial charge in [0.1, 0.15) is 11.6 Å². The van der Waals surface area contributed by atoms with E-state index in [1.54, 1.807) is 27.9 Å². The zero-order chi connectivity index (χ0) is 26.8. The second-order valence-electron chi connectivity index (χ2n) is 9.80. The number of esters is 1. The molecular weight excluding hydrogens is 475 g/mol. The van der Waals surface area contributed by atoms with E-state index in [-0.39, 0.29) is 53.0 Å². The first-order chi connectivity index (χ1) is 16.8. The summed E-state index contributed by atoms with van der Waals surface area (Å²) < 4.78 is 48.1. The molecule has 8 nitrogen and oxygen atoms in total. The molecule has 0 radical (unpaired) electrons. The van der Waals surface area contributed by atoms with Crippen molar-refractivity contribution >= 4 is 28.6 Å². The number of nitrogens with one attached hydrogen (secondary N) is 2.